The van der Waals surface area contributed by atoms with Gasteiger partial charge in [0.25, 0.3) is 10.0 Å². The third-order valence-corrected chi connectivity index (χ3v) is 7.48. The van der Waals surface area contributed by atoms with Gasteiger partial charge in [-0.15, -0.1) is 3.77 Å². The van der Waals surface area contributed by atoms with Crippen molar-refractivity contribution in [2.75, 3.05) is 0 Å². The van der Waals surface area contributed by atoms with Gasteiger partial charge in [0.2, 0.25) is 4.38 Å². The Morgan fingerprint density at radius 3 is 2.04 bits per heavy atom. The van der Waals surface area contributed by atoms with Crippen LogP contribution in [0.2, 0.25) is 0 Å². The highest BCUT2D eigenvalue weighted by atomic mass is 32.3. The molecule has 0 heterocycles. The molecule has 3 rings (SSSR count). The lowest BCUT2D eigenvalue weighted by atomic mass is 10.2. The summed E-state index contributed by atoms with van der Waals surface area (Å²) in [5.74, 6) is 0.541. The second kappa shape index (κ2) is 8.56. The number of rotatable bonds is 4. The van der Waals surface area contributed by atoms with Crippen LogP contribution in [0.1, 0.15) is 5.56 Å². The molecule has 0 aromatic heterocycles. The molecule has 3 aromatic carbocycles. The number of benzene rings is 3. The maximum atomic E-state index is 12.8. The summed E-state index contributed by atoms with van der Waals surface area (Å²) in [5, 5.41) is 0. The van der Waals surface area contributed by atoms with Gasteiger partial charge in [0.05, 0.1) is 4.90 Å². The molecule has 0 radical (unpaired) electrons. The lowest BCUT2D eigenvalue weighted by molar-refractivity contribution is 0.578. The van der Waals surface area contributed by atoms with E-state index >= 15 is 0 Å². The van der Waals surface area contributed by atoms with Crippen molar-refractivity contribution >= 4 is 37.3 Å². The van der Waals surface area contributed by atoms with Crippen molar-refractivity contribution < 1.29 is 13.2 Å². The fourth-order valence-electron chi connectivity index (χ4n) is 2.19. The van der Waals surface area contributed by atoms with Crippen LogP contribution in [0, 0.1) is 6.92 Å². The van der Waals surface area contributed by atoms with Gasteiger partial charge < -0.3 is 4.74 Å². The van der Waals surface area contributed by atoms with Crippen molar-refractivity contribution in [1.82, 2.24) is 0 Å². The standard InChI is InChI=1S/C20H17NO3S3/c1-16-12-14-19(15-13-16)27(22,23)21-26(18-10-6-3-7-11-18)20(25)24-17-8-4-2-5-9-17/h2-15H,1H3. The first-order valence-corrected chi connectivity index (χ1v) is 11.1. The highest BCUT2D eigenvalue weighted by Crippen LogP contribution is 2.20. The Morgan fingerprint density at radius 1 is 0.889 bits per heavy atom. The summed E-state index contributed by atoms with van der Waals surface area (Å²) in [6.45, 7) is 1.89. The first-order chi connectivity index (χ1) is 13.0. The quantitative estimate of drug-likeness (QED) is 0.568. The normalized spacial score (nSPS) is 12.5. The molecule has 0 aliphatic rings. The lowest BCUT2D eigenvalue weighted by Crippen LogP contribution is -2.14. The van der Waals surface area contributed by atoms with Crippen molar-refractivity contribution in [2.45, 2.75) is 16.7 Å². The van der Waals surface area contributed by atoms with Crippen LogP contribution in [0.4, 0.5) is 0 Å². The molecule has 138 valence electrons. The molecule has 0 aliphatic heterocycles. The first kappa shape index (κ1) is 19.4. The van der Waals surface area contributed by atoms with Gasteiger partial charge >= 0.3 is 0 Å². The van der Waals surface area contributed by atoms with Crippen LogP contribution in [0.5, 0.6) is 5.75 Å². The van der Waals surface area contributed by atoms with E-state index in [4.69, 9.17) is 17.0 Å². The predicted octanol–water partition coefficient (Wildman–Crippen LogP) is 4.91. The SMILES string of the molecule is Cc1ccc(S(=O)(=O)N=S(C(=S)Oc2ccccc2)c2ccccc2)cc1. The maximum absolute atomic E-state index is 12.8. The van der Waals surface area contributed by atoms with Gasteiger partial charge in [0.15, 0.2) is 0 Å². The number of hydrogen-bond acceptors (Lipinski definition) is 4. The fraction of sp³-hybridized carbons (Fsp3) is 0.0500. The van der Waals surface area contributed by atoms with Gasteiger partial charge in [0, 0.05) is 15.6 Å². The molecule has 0 fully saturated rings. The van der Waals surface area contributed by atoms with Crippen LogP contribution in [-0.4, -0.2) is 12.8 Å². The van der Waals surface area contributed by atoms with Gasteiger partial charge in [-0.05, 0) is 55.5 Å². The Balaban J connectivity index is 2.03. The molecule has 1 unspecified atom stereocenters. The van der Waals surface area contributed by atoms with Crippen molar-refractivity contribution in [3.63, 3.8) is 0 Å². The smallest absolute Gasteiger partial charge is 0.288 e. The Kier molecular flexibility index (Phi) is 6.15. The van der Waals surface area contributed by atoms with Crippen LogP contribution >= 0.6 is 12.2 Å². The minimum Gasteiger partial charge on any atom is -0.439 e. The van der Waals surface area contributed by atoms with E-state index in [1.54, 1.807) is 48.5 Å². The Bertz CT molecular complexity index is 1060. The van der Waals surface area contributed by atoms with Gasteiger partial charge in [-0.2, -0.15) is 8.42 Å². The van der Waals surface area contributed by atoms with E-state index in [9.17, 15) is 8.42 Å². The Morgan fingerprint density at radius 2 is 1.44 bits per heavy atom. The van der Waals surface area contributed by atoms with Gasteiger partial charge in [-0.1, -0.05) is 54.1 Å². The summed E-state index contributed by atoms with van der Waals surface area (Å²) in [6.07, 6.45) is 0. The average molecular weight is 416 g/mol. The average Bonchev–Trinajstić information content (AvgIpc) is 2.68. The van der Waals surface area contributed by atoms with E-state index in [1.165, 1.54) is 0 Å². The van der Waals surface area contributed by atoms with Crippen LogP contribution in [0.25, 0.3) is 0 Å². The van der Waals surface area contributed by atoms with Crippen molar-refractivity contribution in [1.29, 1.82) is 0 Å². The monoisotopic (exact) mass is 415 g/mol. The van der Waals surface area contributed by atoms with E-state index in [0.29, 0.717) is 10.6 Å². The molecule has 7 heteroatoms. The minimum atomic E-state index is -3.89. The number of thiocarbonyl (C=S) groups is 1. The summed E-state index contributed by atoms with van der Waals surface area (Å²) in [6, 6.07) is 24.6. The van der Waals surface area contributed by atoms with E-state index in [2.05, 4.69) is 3.77 Å². The second-order valence-electron chi connectivity index (χ2n) is 5.63. The highest BCUT2D eigenvalue weighted by molar-refractivity contribution is 8.17. The molecule has 0 saturated carbocycles. The van der Waals surface area contributed by atoms with Crippen molar-refractivity contribution in [2.24, 2.45) is 3.77 Å². The number of para-hydroxylation sites is 1. The van der Waals surface area contributed by atoms with E-state index in [-0.39, 0.29) is 9.28 Å². The third-order valence-electron chi connectivity index (χ3n) is 3.56. The zero-order valence-electron chi connectivity index (χ0n) is 14.5. The predicted molar refractivity (Wildman–Crippen MR) is 113 cm³/mol. The van der Waals surface area contributed by atoms with Gasteiger partial charge in [-0.3, -0.25) is 0 Å². The number of ether oxygens (including phenoxy) is 1. The lowest BCUT2D eigenvalue weighted by Gasteiger charge is -2.11. The molecule has 0 bridgehead atoms. The molecule has 4 nitrogen and oxygen atoms in total. The van der Waals surface area contributed by atoms with Gasteiger partial charge in [-0.25, -0.2) is 0 Å². The summed E-state index contributed by atoms with van der Waals surface area (Å²) in [7, 11) is -5.15. The summed E-state index contributed by atoms with van der Waals surface area (Å²) >= 11 is 5.41. The maximum Gasteiger partial charge on any atom is 0.288 e. The molecule has 0 aliphatic carbocycles. The number of hydrogen-bond donors (Lipinski definition) is 0. The van der Waals surface area contributed by atoms with E-state index < -0.39 is 20.7 Å². The summed E-state index contributed by atoms with van der Waals surface area (Å²) in [5.41, 5.74) is 0.971. The Hall–Kier alpha value is -2.35. The van der Waals surface area contributed by atoms with Crippen LogP contribution in [-0.2, 0) is 20.7 Å². The molecule has 0 spiro atoms. The van der Waals surface area contributed by atoms with E-state index in [1.807, 2.05) is 43.3 Å². The fourth-order valence-corrected chi connectivity index (χ4v) is 5.83. The molecule has 1 atom stereocenters. The minimum absolute atomic E-state index is 0.100. The number of sulfonamides is 1. The molecule has 3 aromatic rings. The van der Waals surface area contributed by atoms with Crippen molar-refractivity contribution in [3.05, 3.63) is 90.5 Å². The number of aryl methyl sites for hydroxylation is 1. The first-order valence-electron chi connectivity index (χ1n) is 8.07. The largest absolute Gasteiger partial charge is 0.439 e. The third kappa shape index (κ3) is 5.09. The highest BCUT2D eigenvalue weighted by Gasteiger charge is 2.18. The Labute approximate surface area is 167 Å². The second-order valence-corrected chi connectivity index (χ2v) is 9.68. The topological polar surface area (TPSA) is 55.7 Å². The molecule has 0 saturated heterocycles. The summed E-state index contributed by atoms with van der Waals surface area (Å²) < 4.78 is 35.5. The molecule has 27 heavy (non-hydrogen) atoms. The molecule has 0 amide bonds. The number of nitrogens with zero attached hydrogens (tertiary/aromatic N) is 1. The zero-order chi connectivity index (χ0) is 19.3. The van der Waals surface area contributed by atoms with Crippen LogP contribution in [0.3, 0.4) is 0 Å². The van der Waals surface area contributed by atoms with Crippen molar-refractivity contribution in [3.8, 4) is 5.75 Å². The van der Waals surface area contributed by atoms with E-state index in [0.717, 1.165) is 5.56 Å². The molecular formula is C20H17NO3S3. The van der Waals surface area contributed by atoms with Crippen LogP contribution < -0.4 is 4.74 Å². The molecular weight excluding hydrogens is 398 g/mol. The summed E-state index contributed by atoms with van der Waals surface area (Å²) in [4.78, 5) is 0.804. The molecule has 0 N–H and O–H groups in total. The zero-order valence-corrected chi connectivity index (χ0v) is 16.9. The van der Waals surface area contributed by atoms with Crippen LogP contribution in [0.15, 0.2) is 98.5 Å². The van der Waals surface area contributed by atoms with Gasteiger partial charge in [0.1, 0.15) is 5.75 Å².